The Bertz CT molecular complexity index is 884. The molecule has 0 aliphatic carbocycles. The van der Waals surface area contributed by atoms with Gasteiger partial charge in [-0.25, -0.2) is 4.68 Å². The Kier molecular flexibility index (Phi) is 6.02. The van der Waals surface area contributed by atoms with E-state index < -0.39 is 6.04 Å². The maximum absolute atomic E-state index is 12.4. The summed E-state index contributed by atoms with van der Waals surface area (Å²) in [6.07, 6.45) is 4.77. The average Bonchev–Trinajstić information content (AvgIpc) is 3.28. The van der Waals surface area contributed by atoms with Crippen molar-refractivity contribution < 1.29 is 9.53 Å². The standard InChI is InChI=1S/C21H30N6O2S/c1-4-5-6-7-12-29-15-10-8-14(9-11-15)13-26-18(23-24-25-26)17-21(2,3)30-20-16(22)19(28)27(17)20/h8-11,16-17,20H,4-7,12-13,22H2,1-3H3/t16?,17?,20-/m0/s1. The molecule has 0 spiro atoms. The number of aromatic nitrogens is 4. The largest absolute Gasteiger partial charge is 0.494 e. The fourth-order valence-corrected chi connectivity index (χ4v) is 5.74. The monoisotopic (exact) mass is 430 g/mol. The summed E-state index contributed by atoms with van der Waals surface area (Å²) in [5, 5.41) is 12.4. The summed E-state index contributed by atoms with van der Waals surface area (Å²) in [5.41, 5.74) is 7.07. The van der Waals surface area contributed by atoms with E-state index in [4.69, 9.17) is 10.5 Å². The molecule has 162 valence electrons. The van der Waals surface area contributed by atoms with Crippen LogP contribution >= 0.6 is 11.8 Å². The highest BCUT2D eigenvalue weighted by molar-refractivity contribution is 8.01. The lowest BCUT2D eigenvalue weighted by Crippen LogP contribution is -2.65. The van der Waals surface area contributed by atoms with Crippen LogP contribution in [-0.4, -0.2) is 53.8 Å². The molecule has 0 bridgehead atoms. The molecule has 2 aliphatic heterocycles. The highest BCUT2D eigenvalue weighted by Crippen LogP contribution is 2.56. The highest BCUT2D eigenvalue weighted by atomic mass is 32.2. The van der Waals surface area contributed by atoms with Gasteiger partial charge in [-0.1, -0.05) is 38.3 Å². The summed E-state index contributed by atoms with van der Waals surface area (Å²) < 4.78 is 7.40. The van der Waals surface area contributed by atoms with Crippen LogP contribution in [0.15, 0.2) is 24.3 Å². The summed E-state index contributed by atoms with van der Waals surface area (Å²) in [4.78, 5) is 14.2. The van der Waals surface area contributed by atoms with Crippen LogP contribution in [0.4, 0.5) is 0 Å². The predicted molar refractivity (Wildman–Crippen MR) is 116 cm³/mol. The van der Waals surface area contributed by atoms with Gasteiger partial charge >= 0.3 is 0 Å². The van der Waals surface area contributed by atoms with Gasteiger partial charge in [0.1, 0.15) is 23.2 Å². The van der Waals surface area contributed by atoms with Crippen molar-refractivity contribution in [1.82, 2.24) is 25.1 Å². The number of tetrazole rings is 1. The van der Waals surface area contributed by atoms with Crippen LogP contribution in [0, 0.1) is 0 Å². The molecule has 0 radical (unpaired) electrons. The molecular weight excluding hydrogens is 400 g/mol. The van der Waals surface area contributed by atoms with Crippen molar-refractivity contribution in [2.24, 2.45) is 5.73 Å². The molecule has 2 unspecified atom stereocenters. The third kappa shape index (κ3) is 3.92. The van der Waals surface area contributed by atoms with E-state index in [2.05, 4.69) is 36.3 Å². The van der Waals surface area contributed by atoms with E-state index in [9.17, 15) is 4.79 Å². The summed E-state index contributed by atoms with van der Waals surface area (Å²) in [6.45, 7) is 7.72. The van der Waals surface area contributed by atoms with Crippen molar-refractivity contribution in [3.8, 4) is 5.75 Å². The topological polar surface area (TPSA) is 99.2 Å². The molecule has 1 amide bonds. The Hall–Kier alpha value is -2.13. The number of carbonyl (C=O) groups is 1. The summed E-state index contributed by atoms with van der Waals surface area (Å²) in [6, 6.07) is 7.42. The molecule has 2 aromatic rings. The second-order valence-electron chi connectivity index (χ2n) is 8.53. The summed E-state index contributed by atoms with van der Waals surface area (Å²) in [7, 11) is 0. The fraction of sp³-hybridized carbons (Fsp3) is 0.619. The maximum atomic E-state index is 12.4. The summed E-state index contributed by atoms with van der Waals surface area (Å²) in [5.74, 6) is 1.55. The van der Waals surface area contributed by atoms with Gasteiger partial charge in [0.25, 0.3) is 0 Å². The van der Waals surface area contributed by atoms with Crippen molar-refractivity contribution >= 4 is 17.7 Å². The second kappa shape index (κ2) is 8.55. The minimum Gasteiger partial charge on any atom is -0.494 e. The van der Waals surface area contributed by atoms with E-state index in [1.165, 1.54) is 19.3 Å². The SMILES string of the molecule is CCCCCCOc1ccc(Cn2nnnc2C2N3C(=O)C(N)[C@@H]3SC2(C)C)cc1. The van der Waals surface area contributed by atoms with Gasteiger partial charge < -0.3 is 15.4 Å². The third-order valence-corrected chi connectivity index (χ3v) is 7.40. The van der Waals surface area contributed by atoms with Gasteiger partial charge in [-0.05, 0) is 48.4 Å². The first kappa shape index (κ1) is 21.1. The third-order valence-electron chi connectivity index (χ3n) is 5.81. The van der Waals surface area contributed by atoms with Gasteiger partial charge in [0, 0.05) is 4.75 Å². The van der Waals surface area contributed by atoms with Crippen LogP contribution < -0.4 is 10.5 Å². The summed E-state index contributed by atoms with van der Waals surface area (Å²) >= 11 is 1.72. The molecule has 0 saturated carbocycles. The zero-order valence-corrected chi connectivity index (χ0v) is 18.6. The van der Waals surface area contributed by atoms with Crippen LogP contribution in [0.3, 0.4) is 0 Å². The molecule has 9 heteroatoms. The minimum atomic E-state index is -0.432. The van der Waals surface area contributed by atoms with E-state index in [1.807, 2.05) is 29.2 Å². The van der Waals surface area contributed by atoms with Crippen molar-refractivity contribution in [3.63, 3.8) is 0 Å². The quantitative estimate of drug-likeness (QED) is 0.482. The van der Waals surface area contributed by atoms with Gasteiger partial charge in [-0.2, -0.15) is 0 Å². The molecule has 3 atom stereocenters. The van der Waals surface area contributed by atoms with Gasteiger partial charge in [0.15, 0.2) is 5.82 Å². The van der Waals surface area contributed by atoms with E-state index >= 15 is 0 Å². The maximum Gasteiger partial charge on any atom is 0.244 e. The van der Waals surface area contributed by atoms with E-state index in [-0.39, 0.29) is 22.1 Å². The number of nitrogens with zero attached hydrogens (tertiary/aromatic N) is 5. The lowest BCUT2D eigenvalue weighted by Gasteiger charge is -2.42. The normalized spacial score (nSPS) is 24.6. The van der Waals surface area contributed by atoms with Crippen LogP contribution in [-0.2, 0) is 11.3 Å². The van der Waals surface area contributed by atoms with Crippen LogP contribution in [0.2, 0.25) is 0 Å². The van der Waals surface area contributed by atoms with E-state index in [0.717, 1.165) is 24.3 Å². The number of unbranched alkanes of at least 4 members (excludes halogenated alkanes) is 3. The minimum absolute atomic E-state index is 0.00333. The first-order chi connectivity index (χ1) is 14.4. The van der Waals surface area contributed by atoms with Crippen LogP contribution in [0.1, 0.15) is 63.9 Å². The van der Waals surface area contributed by atoms with Gasteiger partial charge in [-0.3, -0.25) is 4.79 Å². The van der Waals surface area contributed by atoms with Crippen LogP contribution in [0.5, 0.6) is 5.75 Å². The Balaban J connectivity index is 1.42. The number of hydrogen-bond donors (Lipinski definition) is 1. The number of fused-ring (bicyclic) bond motifs is 1. The van der Waals surface area contributed by atoms with Crippen molar-refractivity contribution in [2.75, 3.05) is 6.61 Å². The first-order valence-electron chi connectivity index (χ1n) is 10.7. The molecule has 3 heterocycles. The molecular formula is C21H30N6O2S. The van der Waals surface area contributed by atoms with Gasteiger partial charge in [-0.15, -0.1) is 16.9 Å². The molecule has 8 nitrogen and oxygen atoms in total. The number of rotatable bonds is 9. The van der Waals surface area contributed by atoms with Crippen molar-refractivity contribution in [1.29, 1.82) is 0 Å². The number of ether oxygens (including phenoxy) is 1. The average molecular weight is 431 g/mol. The van der Waals surface area contributed by atoms with Gasteiger partial charge in [0.2, 0.25) is 5.91 Å². The fourth-order valence-electron chi connectivity index (χ4n) is 4.16. The van der Waals surface area contributed by atoms with Gasteiger partial charge in [0.05, 0.1) is 13.2 Å². The molecule has 2 aliphatic rings. The predicted octanol–water partition coefficient (Wildman–Crippen LogP) is 2.74. The molecule has 30 heavy (non-hydrogen) atoms. The molecule has 4 rings (SSSR count). The smallest absolute Gasteiger partial charge is 0.244 e. The van der Waals surface area contributed by atoms with Crippen molar-refractivity contribution in [2.45, 2.75) is 75.2 Å². The number of nitrogens with two attached hydrogens (primary N) is 1. The lowest BCUT2D eigenvalue weighted by atomic mass is 9.95. The second-order valence-corrected chi connectivity index (χ2v) is 10.3. The molecule has 2 fully saturated rings. The number of hydrogen-bond acceptors (Lipinski definition) is 7. The Labute approximate surface area is 181 Å². The molecule has 2 saturated heterocycles. The Morgan fingerprint density at radius 2 is 1.97 bits per heavy atom. The Morgan fingerprint density at radius 3 is 2.70 bits per heavy atom. The number of benzene rings is 1. The zero-order chi connectivity index (χ0) is 21.3. The Morgan fingerprint density at radius 1 is 1.20 bits per heavy atom. The number of β-lactam (4-membered cyclic amide) rings is 1. The number of thioether (sulfide) groups is 1. The lowest BCUT2D eigenvalue weighted by molar-refractivity contribution is -0.147. The first-order valence-corrected chi connectivity index (χ1v) is 11.5. The van der Waals surface area contributed by atoms with E-state index in [1.54, 1.807) is 16.4 Å². The van der Waals surface area contributed by atoms with Crippen LogP contribution in [0.25, 0.3) is 0 Å². The molecule has 1 aromatic heterocycles. The van der Waals surface area contributed by atoms with Crippen molar-refractivity contribution in [3.05, 3.63) is 35.7 Å². The zero-order valence-electron chi connectivity index (χ0n) is 17.8. The molecule has 2 N–H and O–H groups in total. The van der Waals surface area contributed by atoms with E-state index in [0.29, 0.717) is 12.4 Å². The number of carbonyl (C=O) groups excluding carboxylic acids is 1. The highest BCUT2D eigenvalue weighted by Gasteiger charge is 2.62. The number of amides is 1. The molecule has 1 aromatic carbocycles.